The van der Waals surface area contributed by atoms with Gasteiger partial charge in [-0.1, -0.05) is 13.3 Å². The van der Waals surface area contributed by atoms with Gasteiger partial charge in [-0.25, -0.2) is 8.42 Å². The fraction of sp³-hybridized carbons (Fsp3) is 0.588. The van der Waals surface area contributed by atoms with E-state index in [4.69, 9.17) is 0 Å². The molecule has 1 aliphatic carbocycles. The van der Waals surface area contributed by atoms with Crippen molar-refractivity contribution in [3.8, 4) is 0 Å². The van der Waals surface area contributed by atoms with Gasteiger partial charge in [0.25, 0.3) is 0 Å². The van der Waals surface area contributed by atoms with E-state index in [1.54, 1.807) is 0 Å². The molecule has 1 aliphatic heterocycles. The van der Waals surface area contributed by atoms with Crippen LogP contribution < -0.4 is 9.62 Å². The van der Waals surface area contributed by atoms with Crippen LogP contribution in [0.15, 0.2) is 18.2 Å². The van der Waals surface area contributed by atoms with Crippen molar-refractivity contribution >= 4 is 27.3 Å². The Labute approximate surface area is 138 Å². The van der Waals surface area contributed by atoms with Gasteiger partial charge in [0.2, 0.25) is 15.9 Å². The van der Waals surface area contributed by atoms with Crippen LogP contribution in [-0.2, 0) is 21.2 Å². The molecule has 3 rings (SSSR count). The number of rotatable bonds is 5. The summed E-state index contributed by atoms with van der Waals surface area (Å²) in [6, 6.07) is 5.58. The second kappa shape index (κ2) is 6.51. The van der Waals surface area contributed by atoms with Crippen molar-refractivity contribution in [2.24, 2.45) is 5.92 Å². The zero-order chi connectivity index (χ0) is 16.4. The number of carbonyl (C=O) groups is 1. The van der Waals surface area contributed by atoms with Crippen LogP contribution in [0, 0.1) is 5.92 Å². The Balaban J connectivity index is 1.81. The highest BCUT2D eigenvalue weighted by Gasteiger charge is 2.28. The monoisotopic (exact) mass is 336 g/mol. The van der Waals surface area contributed by atoms with E-state index in [2.05, 4.69) is 5.32 Å². The van der Waals surface area contributed by atoms with E-state index in [1.807, 2.05) is 25.1 Å². The lowest BCUT2D eigenvalue weighted by Gasteiger charge is -2.31. The van der Waals surface area contributed by atoms with Gasteiger partial charge in [-0.3, -0.25) is 9.10 Å². The molecule has 126 valence electrons. The summed E-state index contributed by atoms with van der Waals surface area (Å²) in [6.07, 6.45) is 5.35. The molecule has 0 atom stereocenters. The Morgan fingerprint density at radius 1 is 1.30 bits per heavy atom. The lowest BCUT2D eigenvalue weighted by Crippen LogP contribution is -2.37. The molecule has 1 heterocycles. The zero-order valence-electron chi connectivity index (χ0n) is 13.5. The molecule has 0 aromatic heterocycles. The number of carbonyl (C=O) groups excluding carboxylic acids is 1. The van der Waals surface area contributed by atoms with Gasteiger partial charge >= 0.3 is 0 Å². The lowest BCUT2D eigenvalue weighted by atomic mass is 9.85. The van der Waals surface area contributed by atoms with Crippen molar-refractivity contribution in [1.29, 1.82) is 0 Å². The summed E-state index contributed by atoms with van der Waals surface area (Å²) in [5, 5.41) is 2.97. The Morgan fingerprint density at radius 2 is 2.09 bits per heavy atom. The molecule has 0 unspecified atom stereocenters. The number of nitrogens with one attached hydrogen (secondary N) is 1. The summed E-state index contributed by atoms with van der Waals surface area (Å²) in [7, 11) is -3.24. The normalized spacial score (nSPS) is 18.2. The molecule has 0 radical (unpaired) electrons. The summed E-state index contributed by atoms with van der Waals surface area (Å²) in [6.45, 7) is 2.42. The SMILES string of the molecule is CCCS(=O)(=O)N1CCCc2cc(NC(=O)C3CCC3)ccc21. The Morgan fingerprint density at radius 3 is 2.74 bits per heavy atom. The summed E-state index contributed by atoms with van der Waals surface area (Å²) >= 11 is 0. The van der Waals surface area contributed by atoms with Gasteiger partial charge in [-0.2, -0.15) is 0 Å². The number of benzene rings is 1. The third kappa shape index (κ3) is 3.37. The average molecular weight is 336 g/mol. The van der Waals surface area contributed by atoms with Crippen LogP contribution >= 0.6 is 0 Å². The number of sulfonamides is 1. The van der Waals surface area contributed by atoms with Crippen LogP contribution in [0.1, 0.15) is 44.6 Å². The number of anilines is 2. The molecule has 1 aromatic carbocycles. The maximum absolute atomic E-state index is 12.4. The van der Waals surface area contributed by atoms with Crippen LogP contribution in [0.5, 0.6) is 0 Å². The maximum Gasteiger partial charge on any atom is 0.235 e. The minimum absolute atomic E-state index is 0.0856. The molecule has 1 saturated carbocycles. The summed E-state index contributed by atoms with van der Waals surface area (Å²) in [5.74, 6) is 0.405. The van der Waals surface area contributed by atoms with Gasteiger partial charge in [0, 0.05) is 18.2 Å². The molecule has 0 saturated heterocycles. The van der Waals surface area contributed by atoms with E-state index >= 15 is 0 Å². The van der Waals surface area contributed by atoms with Crippen molar-refractivity contribution in [3.63, 3.8) is 0 Å². The van der Waals surface area contributed by atoms with Crippen LogP contribution in [0.3, 0.4) is 0 Å². The quantitative estimate of drug-likeness (QED) is 0.899. The molecule has 1 aromatic rings. The van der Waals surface area contributed by atoms with E-state index in [0.717, 1.165) is 49.0 Å². The second-order valence-corrected chi connectivity index (χ2v) is 8.47. The molecule has 23 heavy (non-hydrogen) atoms. The molecular weight excluding hydrogens is 312 g/mol. The minimum Gasteiger partial charge on any atom is -0.326 e. The highest BCUT2D eigenvalue weighted by atomic mass is 32.2. The fourth-order valence-corrected chi connectivity index (χ4v) is 4.83. The van der Waals surface area contributed by atoms with E-state index in [0.29, 0.717) is 13.0 Å². The van der Waals surface area contributed by atoms with Crippen molar-refractivity contribution in [3.05, 3.63) is 23.8 Å². The second-order valence-electron chi connectivity index (χ2n) is 6.45. The molecule has 1 N–H and O–H groups in total. The minimum atomic E-state index is -3.24. The van der Waals surface area contributed by atoms with Crippen molar-refractivity contribution < 1.29 is 13.2 Å². The predicted molar refractivity (Wildman–Crippen MR) is 92.2 cm³/mol. The van der Waals surface area contributed by atoms with Crippen molar-refractivity contribution in [2.75, 3.05) is 21.9 Å². The smallest absolute Gasteiger partial charge is 0.235 e. The lowest BCUT2D eigenvalue weighted by molar-refractivity contribution is -0.122. The van der Waals surface area contributed by atoms with Crippen molar-refractivity contribution in [1.82, 2.24) is 0 Å². The number of hydrogen-bond acceptors (Lipinski definition) is 3. The van der Waals surface area contributed by atoms with Crippen molar-refractivity contribution in [2.45, 2.75) is 45.4 Å². The predicted octanol–water partition coefficient (Wildman–Crippen LogP) is 2.92. The molecule has 5 nitrogen and oxygen atoms in total. The van der Waals surface area contributed by atoms with Crippen LogP contribution in [0.25, 0.3) is 0 Å². The first kappa shape index (κ1) is 16.3. The van der Waals surface area contributed by atoms with Gasteiger partial charge in [0.15, 0.2) is 0 Å². The first-order chi connectivity index (χ1) is 11.0. The summed E-state index contributed by atoms with van der Waals surface area (Å²) in [5.41, 5.74) is 2.55. The first-order valence-corrected chi connectivity index (χ1v) is 10.1. The Kier molecular flexibility index (Phi) is 4.62. The third-order valence-electron chi connectivity index (χ3n) is 4.70. The van der Waals surface area contributed by atoms with Gasteiger partial charge in [0.1, 0.15) is 0 Å². The maximum atomic E-state index is 12.4. The van der Waals surface area contributed by atoms with E-state index in [-0.39, 0.29) is 17.6 Å². The van der Waals surface area contributed by atoms with Gasteiger partial charge in [-0.05, 0) is 55.9 Å². The standard InChI is InChI=1S/C17H24N2O3S/c1-2-11-23(21,22)19-10-4-7-14-12-15(8-9-16(14)19)18-17(20)13-5-3-6-13/h8-9,12-13H,2-7,10-11H2,1H3,(H,18,20). The van der Waals surface area contributed by atoms with E-state index in [9.17, 15) is 13.2 Å². The number of hydrogen-bond donors (Lipinski definition) is 1. The molecule has 0 spiro atoms. The molecule has 2 aliphatic rings. The topological polar surface area (TPSA) is 66.5 Å². The van der Waals surface area contributed by atoms with Gasteiger partial charge < -0.3 is 5.32 Å². The van der Waals surface area contributed by atoms with Crippen LogP contribution in [-0.4, -0.2) is 26.6 Å². The average Bonchev–Trinajstić information content (AvgIpc) is 2.44. The number of nitrogens with zero attached hydrogens (tertiary/aromatic N) is 1. The fourth-order valence-electron chi connectivity index (χ4n) is 3.21. The van der Waals surface area contributed by atoms with Gasteiger partial charge in [0.05, 0.1) is 11.4 Å². The summed E-state index contributed by atoms with van der Waals surface area (Å²) in [4.78, 5) is 12.1. The zero-order valence-corrected chi connectivity index (χ0v) is 14.4. The molecule has 1 fully saturated rings. The van der Waals surface area contributed by atoms with Crippen LogP contribution in [0.4, 0.5) is 11.4 Å². The highest BCUT2D eigenvalue weighted by molar-refractivity contribution is 7.92. The van der Waals surface area contributed by atoms with E-state index in [1.165, 1.54) is 4.31 Å². The largest absolute Gasteiger partial charge is 0.326 e. The highest BCUT2D eigenvalue weighted by Crippen LogP contribution is 2.33. The first-order valence-electron chi connectivity index (χ1n) is 8.45. The number of aryl methyl sites for hydroxylation is 1. The Bertz CT molecular complexity index is 696. The Hall–Kier alpha value is -1.56. The van der Waals surface area contributed by atoms with E-state index < -0.39 is 10.0 Å². The molecule has 6 heteroatoms. The molecular formula is C17H24N2O3S. The van der Waals surface area contributed by atoms with Crippen LogP contribution in [0.2, 0.25) is 0 Å². The van der Waals surface area contributed by atoms with Gasteiger partial charge in [-0.15, -0.1) is 0 Å². The summed E-state index contributed by atoms with van der Waals surface area (Å²) < 4.78 is 26.3. The number of amides is 1. The third-order valence-corrected chi connectivity index (χ3v) is 6.67. The number of fused-ring (bicyclic) bond motifs is 1. The molecule has 0 bridgehead atoms. The molecule has 1 amide bonds.